The molecule has 1 saturated heterocycles. The summed E-state index contributed by atoms with van der Waals surface area (Å²) >= 11 is 9.85. The molecule has 1 aromatic rings. The first-order chi connectivity index (χ1) is 9.08. The van der Waals surface area contributed by atoms with Crippen LogP contribution in [0.2, 0.25) is 5.02 Å². The van der Waals surface area contributed by atoms with Crippen molar-refractivity contribution in [2.24, 2.45) is 5.92 Å². The molecule has 2 rings (SSSR count). The lowest BCUT2D eigenvalue weighted by Gasteiger charge is -2.33. The van der Waals surface area contributed by atoms with E-state index in [0.29, 0.717) is 12.0 Å². The fraction of sp³-hybridized carbons (Fsp3) is 0.600. The van der Waals surface area contributed by atoms with Gasteiger partial charge in [0.1, 0.15) is 0 Å². The summed E-state index contributed by atoms with van der Waals surface area (Å²) in [5.74, 6) is 0.489. The van der Waals surface area contributed by atoms with Gasteiger partial charge in [-0.15, -0.1) is 0 Å². The number of benzene rings is 1. The highest BCUT2D eigenvalue weighted by atomic mass is 79.9. The minimum atomic E-state index is 0.102. The summed E-state index contributed by atoms with van der Waals surface area (Å²) in [5.41, 5.74) is 1.10. The molecule has 2 atom stereocenters. The Morgan fingerprint density at radius 3 is 3.00 bits per heavy atom. The number of halogens is 2. The molecule has 1 aliphatic rings. The van der Waals surface area contributed by atoms with Crippen LogP contribution in [0.3, 0.4) is 0 Å². The third kappa shape index (κ3) is 4.19. The Bertz CT molecular complexity index is 425. The smallest absolute Gasteiger partial charge is 0.0879 e. The van der Waals surface area contributed by atoms with Crippen molar-refractivity contribution in [3.63, 3.8) is 0 Å². The van der Waals surface area contributed by atoms with Crippen LogP contribution in [0.25, 0.3) is 0 Å². The zero-order chi connectivity index (χ0) is 13.8. The van der Waals surface area contributed by atoms with E-state index in [1.807, 2.05) is 12.1 Å². The molecule has 1 aromatic carbocycles. The minimum Gasteiger partial charge on any atom is -0.373 e. The van der Waals surface area contributed by atoms with E-state index >= 15 is 0 Å². The number of ether oxygens (including phenoxy) is 1. The number of hydrogen-bond donors (Lipinski definition) is 1. The van der Waals surface area contributed by atoms with Crippen LogP contribution in [0.5, 0.6) is 0 Å². The summed E-state index contributed by atoms with van der Waals surface area (Å²) in [6, 6.07) is 6.49. The zero-order valence-electron chi connectivity index (χ0n) is 11.5. The van der Waals surface area contributed by atoms with E-state index in [1.165, 1.54) is 6.42 Å². The van der Waals surface area contributed by atoms with Gasteiger partial charge in [-0.25, -0.2) is 0 Å². The van der Waals surface area contributed by atoms with E-state index in [4.69, 9.17) is 16.3 Å². The molecule has 0 bridgehead atoms. The highest BCUT2D eigenvalue weighted by Gasteiger charge is 2.29. The Balaban J connectivity index is 2.16. The molecule has 0 aliphatic carbocycles. The minimum absolute atomic E-state index is 0.102. The van der Waals surface area contributed by atoms with Crippen molar-refractivity contribution < 1.29 is 4.74 Å². The summed E-state index contributed by atoms with van der Waals surface area (Å²) in [7, 11) is 0. The summed E-state index contributed by atoms with van der Waals surface area (Å²) < 4.78 is 7.05. The van der Waals surface area contributed by atoms with E-state index in [0.717, 1.165) is 34.6 Å². The third-order valence-electron chi connectivity index (χ3n) is 3.50. The van der Waals surface area contributed by atoms with Crippen molar-refractivity contribution >= 4 is 27.5 Å². The van der Waals surface area contributed by atoms with Gasteiger partial charge < -0.3 is 10.1 Å². The van der Waals surface area contributed by atoms with Crippen LogP contribution in [-0.2, 0) is 4.74 Å². The molecule has 0 spiro atoms. The number of nitrogens with one attached hydrogen (secondary N) is 1. The summed E-state index contributed by atoms with van der Waals surface area (Å²) in [4.78, 5) is 0. The molecule has 1 N–H and O–H groups in total. The van der Waals surface area contributed by atoms with Crippen molar-refractivity contribution in [3.8, 4) is 0 Å². The summed E-state index contributed by atoms with van der Waals surface area (Å²) in [6.45, 7) is 6.15. The first kappa shape index (κ1) is 15.3. The highest BCUT2D eigenvalue weighted by Crippen LogP contribution is 2.37. The molecule has 106 valence electrons. The third-order valence-corrected chi connectivity index (χ3v) is 4.34. The van der Waals surface area contributed by atoms with E-state index in [2.05, 4.69) is 41.2 Å². The average molecular weight is 347 g/mol. The first-order valence-electron chi connectivity index (χ1n) is 6.88. The highest BCUT2D eigenvalue weighted by molar-refractivity contribution is 9.10. The molecule has 19 heavy (non-hydrogen) atoms. The van der Waals surface area contributed by atoms with Gasteiger partial charge in [0, 0.05) is 40.2 Å². The van der Waals surface area contributed by atoms with Gasteiger partial charge in [0.05, 0.1) is 6.10 Å². The number of rotatable bonds is 4. The molecule has 1 heterocycles. The first-order valence-corrected chi connectivity index (χ1v) is 8.05. The molecule has 2 nitrogen and oxygen atoms in total. The Morgan fingerprint density at radius 1 is 1.47 bits per heavy atom. The fourth-order valence-corrected chi connectivity index (χ4v) is 3.12. The predicted molar refractivity (Wildman–Crippen MR) is 83.7 cm³/mol. The van der Waals surface area contributed by atoms with Crippen molar-refractivity contribution in [3.05, 3.63) is 33.3 Å². The quantitative estimate of drug-likeness (QED) is 0.862. The Hall–Kier alpha value is -0.0900. The second kappa shape index (κ2) is 7.07. The van der Waals surface area contributed by atoms with Crippen LogP contribution in [-0.4, -0.2) is 19.2 Å². The van der Waals surface area contributed by atoms with Gasteiger partial charge in [-0.2, -0.15) is 0 Å². The largest absolute Gasteiger partial charge is 0.373 e. The van der Waals surface area contributed by atoms with Crippen molar-refractivity contribution in [1.82, 2.24) is 5.32 Å². The van der Waals surface area contributed by atoms with Crippen LogP contribution in [0.1, 0.15) is 38.4 Å². The predicted octanol–water partition coefficient (Wildman–Crippen LogP) is 4.57. The van der Waals surface area contributed by atoms with E-state index in [1.54, 1.807) is 0 Å². The standard InChI is InChI=1S/C15H21BrClNO/c1-10(2)18-9-11-4-3-7-19-15(11)13-8-12(16)5-6-14(13)17/h5-6,8,10-11,15,18H,3-4,7,9H2,1-2H3. The lowest BCUT2D eigenvalue weighted by atomic mass is 9.89. The van der Waals surface area contributed by atoms with E-state index in [9.17, 15) is 0 Å². The second-order valence-corrected chi connectivity index (χ2v) is 6.75. The van der Waals surface area contributed by atoms with Crippen molar-refractivity contribution in [1.29, 1.82) is 0 Å². The van der Waals surface area contributed by atoms with Crippen molar-refractivity contribution in [2.45, 2.75) is 38.8 Å². The molecule has 0 amide bonds. The molecule has 0 radical (unpaired) electrons. The van der Waals surface area contributed by atoms with Crippen LogP contribution < -0.4 is 5.32 Å². The average Bonchev–Trinajstić information content (AvgIpc) is 2.39. The molecule has 0 aromatic heterocycles. The van der Waals surface area contributed by atoms with Gasteiger partial charge >= 0.3 is 0 Å². The zero-order valence-corrected chi connectivity index (χ0v) is 13.8. The van der Waals surface area contributed by atoms with E-state index < -0.39 is 0 Å². The molecular formula is C15H21BrClNO. The van der Waals surface area contributed by atoms with Gasteiger partial charge in [-0.3, -0.25) is 0 Å². The molecular weight excluding hydrogens is 326 g/mol. The van der Waals surface area contributed by atoms with Crippen LogP contribution in [0.15, 0.2) is 22.7 Å². The Labute approximate surface area is 129 Å². The summed E-state index contributed by atoms with van der Waals surface area (Å²) in [5, 5.41) is 4.31. The summed E-state index contributed by atoms with van der Waals surface area (Å²) in [6.07, 6.45) is 2.42. The van der Waals surface area contributed by atoms with Crippen LogP contribution in [0.4, 0.5) is 0 Å². The monoisotopic (exact) mass is 345 g/mol. The SMILES string of the molecule is CC(C)NCC1CCCOC1c1cc(Br)ccc1Cl. The van der Waals surface area contributed by atoms with Gasteiger partial charge in [-0.1, -0.05) is 41.4 Å². The van der Waals surface area contributed by atoms with Crippen LogP contribution in [0, 0.1) is 5.92 Å². The maximum Gasteiger partial charge on any atom is 0.0879 e. The van der Waals surface area contributed by atoms with Crippen molar-refractivity contribution in [2.75, 3.05) is 13.2 Å². The maximum absolute atomic E-state index is 6.34. The molecule has 0 saturated carbocycles. The topological polar surface area (TPSA) is 21.3 Å². The van der Waals surface area contributed by atoms with Gasteiger partial charge in [0.15, 0.2) is 0 Å². The molecule has 1 aliphatic heterocycles. The van der Waals surface area contributed by atoms with Gasteiger partial charge in [0.2, 0.25) is 0 Å². The number of hydrogen-bond acceptors (Lipinski definition) is 2. The van der Waals surface area contributed by atoms with Crippen LogP contribution >= 0.6 is 27.5 Å². The normalized spacial score (nSPS) is 23.8. The molecule has 1 fully saturated rings. The lowest BCUT2D eigenvalue weighted by molar-refractivity contribution is -0.0282. The fourth-order valence-electron chi connectivity index (χ4n) is 2.52. The van der Waals surface area contributed by atoms with Gasteiger partial charge in [0.25, 0.3) is 0 Å². The Kier molecular flexibility index (Phi) is 5.70. The molecule has 4 heteroatoms. The second-order valence-electron chi connectivity index (χ2n) is 5.42. The van der Waals surface area contributed by atoms with E-state index in [-0.39, 0.29) is 6.10 Å². The lowest BCUT2D eigenvalue weighted by Crippen LogP contribution is -2.35. The van der Waals surface area contributed by atoms with Gasteiger partial charge in [-0.05, 0) is 31.0 Å². The molecule has 2 unspecified atom stereocenters. The maximum atomic E-state index is 6.34. The Morgan fingerprint density at radius 2 is 2.26 bits per heavy atom.